The van der Waals surface area contributed by atoms with Crippen molar-refractivity contribution < 1.29 is 4.79 Å². The maximum Gasteiger partial charge on any atom is 0.222 e. The van der Waals surface area contributed by atoms with Gasteiger partial charge in [0, 0.05) is 30.3 Å². The predicted octanol–water partition coefficient (Wildman–Crippen LogP) is 2.64. The number of carbonyl (C=O) groups is 1. The lowest BCUT2D eigenvalue weighted by atomic mass is 10.1. The lowest BCUT2D eigenvalue weighted by Crippen LogP contribution is -2.22. The highest BCUT2D eigenvalue weighted by Gasteiger charge is 2.13. The fourth-order valence-corrected chi connectivity index (χ4v) is 2.19. The fourth-order valence-electron chi connectivity index (χ4n) is 1.26. The Kier molecular flexibility index (Phi) is 3.69. The van der Waals surface area contributed by atoms with Crippen molar-refractivity contribution in [2.45, 2.75) is 26.2 Å². The highest BCUT2D eigenvalue weighted by atomic mass is 32.1. The quantitative estimate of drug-likeness (QED) is 0.752. The van der Waals surface area contributed by atoms with E-state index in [4.69, 9.17) is 0 Å². The molecule has 0 N–H and O–H groups in total. The van der Waals surface area contributed by atoms with Crippen LogP contribution < -0.4 is 0 Å². The van der Waals surface area contributed by atoms with Crippen LogP contribution in [-0.4, -0.2) is 24.9 Å². The molecule has 1 unspecified atom stereocenters. The summed E-state index contributed by atoms with van der Waals surface area (Å²) >= 11 is 1.78. The summed E-state index contributed by atoms with van der Waals surface area (Å²) in [5, 5.41) is 0. The SMILES string of the molecule is Cc1ccc(C(C)CC(=O)N(C)C)s1. The Hall–Kier alpha value is -0.830. The van der Waals surface area contributed by atoms with Crippen molar-refractivity contribution in [2.75, 3.05) is 14.1 Å². The third-order valence-corrected chi connectivity index (χ3v) is 3.46. The molecule has 0 saturated carbocycles. The van der Waals surface area contributed by atoms with Crippen LogP contribution in [0.3, 0.4) is 0 Å². The number of amides is 1. The molecule has 1 rings (SSSR count). The van der Waals surface area contributed by atoms with Gasteiger partial charge in [-0.2, -0.15) is 0 Å². The molecule has 78 valence electrons. The van der Waals surface area contributed by atoms with Crippen molar-refractivity contribution in [3.8, 4) is 0 Å². The van der Waals surface area contributed by atoms with Crippen molar-refractivity contribution in [3.63, 3.8) is 0 Å². The lowest BCUT2D eigenvalue weighted by molar-refractivity contribution is -0.128. The Morgan fingerprint density at radius 2 is 2.14 bits per heavy atom. The molecule has 0 spiro atoms. The zero-order valence-electron chi connectivity index (χ0n) is 9.20. The maximum atomic E-state index is 11.5. The number of aryl methyl sites for hydroxylation is 1. The molecule has 0 fully saturated rings. The van der Waals surface area contributed by atoms with Crippen molar-refractivity contribution in [1.29, 1.82) is 0 Å². The average Bonchev–Trinajstić information content (AvgIpc) is 2.51. The topological polar surface area (TPSA) is 20.3 Å². The standard InChI is InChI=1S/C11H17NOS/c1-8(7-11(13)12(3)4)10-6-5-9(2)14-10/h5-6,8H,7H2,1-4H3. The smallest absolute Gasteiger partial charge is 0.222 e. The van der Waals surface area contributed by atoms with Crippen LogP contribution >= 0.6 is 11.3 Å². The van der Waals surface area contributed by atoms with Crippen LogP contribution in [0.15, 0.2) is 12.1 Å². The number of thiophene rings is 1. The number of nitrogens with zero attached hydrogens (tertiary/aromatic N) is 1. The second kappa shape index (κ2) is 4.60. The summed E-state index contributed by atoms with van der Waals surface area (Å²) in [5.74, 6) is 0.534. The summed E-state index contributed by atoms with van der Waals surface area (Å²) in [6.45, 7) is 4.20. The molecule has 0 aliphatic heterocycles. The molecular weight excluding hydrogens is 194 g/mol. The lowest BCUT2D eigenvalue weighted by Gasteiger charge is -2.13. The van der Waals surface area contributed by atoms with Crippen LogP contribution in [0.5, 0.6) is 0 Å². The van der Waals surface area contributed by atoms with Gasteiger partial charge in [-0.25, -0.2) is 0 Å². The minimum absolute atomic E-state index is 0.198. The first-order chi connectivity index (χ1) is 6.50. The molecule has 0 radical (unpaired) electrons. The number of rotatable bonds is 3. The molecule has 1 atom stereocenters. The van der Waals surface area contributed by atoms with Gasteiger partial charge >= 0.3 is 0 Å². The molecule has 2 nitrogen and oxygen atoms in total. The van der Waals surface area contributed by atoms with E-state index in [0.29, 0.717) is 12.3 Å². The monoisotopic (exact) mass is 211 g/mol. The van der Waals surface area contributed by atoms with Crippen molar-refractivity contribution in [3.05, 3.63) is 21.9 Å². The minimum Gasteiger partial charge on any atom is -0.349 e. The summed E-state index contributed by atoms with van der Waals surface area (Å²) < 4.78 is 0. The summed E-state index contributed by atoms with van der Waals surface area (Å²) in [7, 11) is 3.60. The molecule has 1 aromatic heterocycles. The van der Waals surface area contributed by atoms with Gasteiger partial charge in [0.05, 0.1) is 0 Å². The largest absolute Gasteiger partial charge is 0.349 e. The van der Waals surface area contributed by atoms with Gasteiger partial charge in [0.1, 0.15) is 0 Å². The van der Waals surface area contributed by atoms with E-state index in [0.717, 1.165) is 0 Å². The van der Waals surface area contributed by atoms with E-state index in [9.17, 15) is 4.79 Å². The highest BCUT2D eigenvalue weighted by Crippen LogP contribution is 2.26. The maximum absolute atomic E-state index is 11.5. The molecule has 0 aliphatic carbocycles. The summed E-state index contributed by atoms with van der Waals surface area (Å²) in [4.78, 5) is 15.7. The van der Waals surface area contributed by atoms with Crippen LogP contribution in [-0.2, 0) is 4.79 Å². The average molecular weight is 211 g/mol. The van der Waals surface area contributed by atoms with Crippen molar-refractivity contribution >= 4 is 17.2 Å². The Labute approximate surface area is 89.5 Å². The molecule has 0 bridgehead atoms. The summed E-state index contributed by atoms with van der Waals surface area (Å²) in [5.41, 5.74) is 0. The Bertz CT molecular complexity index is 317. The molecule has 1 aromatic rings. The number of hydrogen-bond donors (Lipinski definition) is 0. The second-order valence-corrected chi connectivity index (χ2v) is 5.16. The van der Waals surface area contributed by atoms with E-state index in [2.05, 4.69) is 26.0 Å². The molecule has 1 heterocycles. The van der Waals surface area contributed by atoms with Gasteiger partial charge in [-0.1, -0.05) is 6.92 Å². The van der Waals surface area contributed by atoms with Crippen LogP contribution in [0.1, 0.15) is 29.0 Å². The van der Waals surface area contributed by atoms with Gasteiger partial charge in [-0.3, -0.25) is 4.79 Å². The Morgan fingerprint density at radius 1 is 1.50 bits per heavy atom. The van der Waals surface area contributed by atoms with E-state index in [1.54, 1.807) is 30.3 Å². The number of hydrogen-bond acceptors (Lipinski definition) is 2. The van der Waals surface area contributed by atoms with Crippen molar-refractivity contribution in [1.82, 2.24) is 4.90 Å². The molecule has 0 aromatic carbocycles. The molecule has 3 heteroatoms. The van der Waals surface area contributed by atoms with Gasteiger partial charge < -0.3 is 4.90 Å². The predicted molar refractivity (Wildman–Crippen MR) is 60.8 cm³/mol. The zero-order chi connectivity index (χ0) is 10.7. The van der Waals surface area contributed by atoms with E-state index >= 15 is 0 Å². The van der Waals surface area contributed by atoms with Crippen LogP contribution in [0.4, 0.5) is 0 Å². The van der Waals surface area contributed by atoms with Gasteiger partial charge in [0.2, 0.25) is 5.91 Å². The van der Waals surface area contributed by atoms with E-state index < -0.39 is 0 Å². The van der Waals surface area contributed by atoms with Gasteiger partial charge in [0.15, 0.2) is 0 Å². The normalized spacial score (nSPS) is 12.6. The highest BCUT2D eigenvalue weighted by molar-refractivity contribution is 7.12. The van der Waals surface area contributed by atoms with Gasteiger partial charge in [-0.15, -0.1) is 11.3 Å². The third-order valence-electron chi connectivity index (χ3n) is 2.23. The summed E-state index contributed by atoms with van der Waals surface area (Å²) in [6, 6.07) is 4.23. The van der Waals surface area contributed by atoms with Gasteiger partial charge in [0.25, 0.3) is 0 Å². The first-order valence-corrected chi connectivity index (χ1v) is 5.59. The zero-order valence-corrected chi connectivity index (χ0v) is 10.0. The Balaban J connectivity index is 2.59. The molecule has 1 amide bonds. The minimum atomic E-state index is 0.198. The first-order valence-electron chi connectivity index (χ1n) is 4.77. The van der Waals surface area contributed by atoms with E-state index in [-0.39, 0.29) is 5.91 Å². The van der Waals surface area contributed by atoms with E-state index in [1.165, 1.54) is 9.75 Å². The number of carbonyl (C=O) groups excluding carboxylic acids is 1. The molecular formula is C11H17NOS. The third kappa shape index (κ3) is 2.84. The van der Waals surface area contributed by atoms with Crippen LogP contribution in [0.25, 0.3) is 0 Å². The van der Waals surface area contributed by atoms with Crippen LogP contribution in [0, 0.1) is 6.92 Å². The molecule has 14 heavy (non-hydrogen) atoms. The second-order valence-electron chi connectivity index (χ2n) is 3.84. The van der Waals surface area contributed by atoms with Gasteiger partial charge in [-0.05, 0) is 25.0 Å². The fraction of sp³-hybridized carbons (Fsp3) is 0.545. The van der Waals surface area contributed by atoms with Crippen LogP contribution in [0.2, 0.25) is 0 Å². The summed E-state index contributed by atoms with van der Waals surface area (Å²) in [6.07, 6.45) is 0.604. The van der Waals surface area contributed by atoms with E-state index in [1.807, 2.05) is 0 Å². The van der Waals surface area contributed by atoms with Crippen molar-refractivity contribution in [2.24, 2.45) is 0 Å². The first kappa shape index (κ1) is 11.2. The molecule has 0 aliphatic rings. The molecule has 0 saturated heterocycles. The Morgan fingerprint density at radius 3 is 2.57 bits per heavy atom.